The largest absolute Gasteiger partial charge is 0.482 e. The Labute approximate surface area is 151 Å². The lowest BCUT2D eigenvalue weighted by Gasteiger charge is -2.10. The van der Waals surface area contributed by atoms with Crippen LogP contribution in [0.5, 0.6) is 5.75 Å². The lowest BCUT2D eigenvalue weighted by molar-refractivity contribution is -0.123. The first kappa shape index (κ1) is 17.6. The van der Waals surface area contributed by atoms with Crippen LogP contribution in [-0.4, -0.2) is 18.4 Å². The average Bonchev–Trinajstić information content (AvgIpc) is 2.54. The maximum absolute atomic E-state index is 11.9. The molecule has 2 amide bonds. The quantitative estimate of drug-likeness (QED) is 0.747. The van der Waals surface area contributed by atoms with Gasteiger partial charge in [0.05, 0.1) is 10.6 Å². The van der Waals surface area contributed by atoms with Crippen molar-refractivity contribution in [2.45, 2.75) is 0 Å². The molecule has 2 aromatic rings. The minimum atomic E-state index is -0.540. The Balaban J connectivity index is 1.85. The zero-order valence-corrected chi connectivity index (χ0v) is 14.7. The predicted molar refractivity (Wildman–Crippen MR) is 91.7 cm³/mol. The number of carbonyl (C=O) groups excluding carboxylic acids is 2. The van der Waals surface area contributed by atoms with Crippen molar-refractivity contribution in [1.82, 2.24) is 10.9 Å². The van der Waals surface area contributed by atoms with Crippen molar-refractivity contribution < 1.29 is 14.3 Å². The van der Waals surface area contributed by atoms with Gasteiger partial charge in [0, 0.05) is 15.6 Å². The SMILES string of the molecule is O=C(COc1cc(Cl)ccc1Cl)NNC(=O)c1ccccc1Br. The number of benzene rings is 2. The van der Waals surface area contributed by atoms with Crippen LogP contribution in [0.25, 0.3) is 0 Å². The van der Waals surface area contributed by atoms with Crippen LogP contribution in [0.2, 0.25) is 10.0 Å². The van der Waals surface area contributed by atoms with E-state index in [0.29, 0.717) is 20.1 Å². The summed E-state index contributed by atoms with van der Waals surface area (Å²) in [6.45, 7) is -0.323. The molecule has 0 bridgehead atoms. The van der Waals surface area contributed by atoms with Crippen LogP contribution >= 0.6 is 39.1 Å². The molecule has 0 spiro atoms. The van der Waals surface area contributed by atoms with Crippen LogP contribution in [0, 0.1) is 0 Å². The van der Waals surface area contributed by atoms with Gasteiger partial charge in [0.1, 0.15) is 5.75 Å². The van der Waals surface area contributed by atoms with E-state index in [1.807, 2.05) is 0 Å². The molecule has 0 radical (unpaired) electrons. The molecule has 2 N–H and O–H groups in total. The Morgan fingerprint density at radius 1 is 1.09 bits per heavy atom. The van der Waals surface area contributed by atoms with E-state index in [0.717, 1.165) is 0 Å². The number of rotatable bonds is 4. The van der Waals surface area contributed by atoms with Gasteiger partial charge in [-0.25, -0.2) is 0 Å². The minimum absolute atomic E-state index is 0.284. The summed E-state index contributed by atoms with van der Waals surface area (Å²) in [4.78, 5) is 23.6. The van der Waals surface area contributed by atoms with Gasteiger partial charge < -0.3 is 4.74 Å². The minimum Gasteiger partial charge on any atom is -0.482 e. The standard InChI is InChI=1S/C15H11BrCl2N2O3/c16-11-4-2-1-3-10(11)15(22)20-19-14(21)8-23-13-7-9(17)5-6-12(13)18/h1-7H,8H2,(H,19,21)(H,20,22). The van der Waals surface area contributed by atoms with Crippen LogP contribution in [0.1, 0.15) is 10.4 Å². The van der Waals surface area contributed by atoms with E-state index >= 15 is 0 Å². The Morgan fingerprint density at radius 2 is 1.83 bits per heavy atom. The van der Waals surface area contributed by atoms with Crippen LogP contribution in [-0.2, 0) is 4.79 Å². The number of ether oxygens (including phenoxy) is 1. The number of halogens is 3. The van der Waals surface area contributed by atoms with Crippen molar-refractivity contribution in [3.8, 4) is 5.75 Å². The van der Waals surface area contributed by atoms with Gasteiger partial charge >= 0.3 is 0 Å². The molecular weight excluding hydrogens is 407 g/mol. The summed E-state index contributed by atoms with van der Waals surface area (Å²) in [5.41, 5.74) is 4.94. The Bertz CT molecular complexity index is 740. The van der Waals surface area contributed by atoms with E-state index in [4.69, 9.17) is 27.9 Å². The molecule has 0 aliphatic rings. The fraction of sp³-hybridized carbons (Fsp3) is 0.0667. The summed E-state index contributed by atoms with van der Waals surface area (Å²) in [5.74, 6) is -0.709. The van der Waals surface area contributed by atoms with E-state index in [-0.39, 0.29) is 12.4 Å². The van der Waals surface area contributed by atoms with Gasteiger partial charge in [0.2, 0.25) is 0 Å². The monoisotopic (exact) mass is 416 g/mol. The summed E-state index contributed by atoms with van der Waals surface area (Å²) in [5, 5.41) is 0.770. The Kier molecular flexibility index (Phi) is 6.27. The number of carbonyl (C=O) groups is 2. The second-order valence-electron chi connectivity index (χ2n) is 4.35. The third-order valence-corrected chi connectivity index (χ3v) is 3.92. The first-order valence-corrected chi connectivity index (χ1v) is 7.94. The molecule has 120 valence electrons. The van der Waals surface area contributed by atoms with Gasteiger partial charge in [-0.15, -0.1) is 0 Å². The molecule has 23 heavy (non-hydrogen) atoms. The zero-order valence-electron chi connectivity index (χ0n) is 11.6. The van der Waals surface area contributed by atoms with Gasteiger partial charge in [-0.1, -0.05) is 35.3 Å². The highest BCUT2D eigenvalue weighted by molar-refractivity contribution is 9.10. The lowest BCUT2D eigenvalue weighted by Crippen LogP contribution is -2.43. The number of nitrogens with one attached hydrogen (secondary N) is 2. The third-order valence-electron chi connectivity index (χ3n) is 2.69. The fourth-order valence-electron chi connectivity index (χ4n) is 1.61. The van der Waals surface area contributed by atoms with Gasteiger partial charge in [0.25, 0.3) is 11.8 Å². The molecule has 0 fully saturated rings. The van der Waals surface area contributed by atoms with E-state index in [9.17, 15) is 9.59 Å². The fourth-order valence-corrected chi connectivity index (χ4v) is 2.41. The zero-order chi connectivity index (χ0) is 16.8. The number of hydrazine groups is 1. The second-order valence-corrected chi connectivity index (χ2v) is 6.04. The summed E-state index contributed by atoms with van der Waals surface area (Å²) in [6.07, 6.45) is 0. The van der Waals surface area contributed by atoms with Crippen molar-refractivity contribution in [3.05, 3.63) is 62.5 Å². The highest BCUT2D eigenvalue weighted by Crippen LogP contribution is 2.27. The number of hydrogen-bond acceptors (Lipinski definition) is 3. The molecule has 8 heteroatoms. The van der Waals surface area contributed by atoms with E-state index in [1.165, 1.54) is 6.07 Å². The van der Waals surface area contributed by atoms with Crippen molar-refractivity contribution >= 4 is 50.9 Å². The third kappa shape index (κ3) is 5.13. The second kappa shape index (κ2) is 8.19. The van der Waals surface area contributed by atoms with Gasteiger partial charge in [0.15, 0.2) is 6.61 Å². The van der Waals surface area contributed by atoms with Crippen molar-refractivity contribution in [2.75, 3.05) is 6.61 Å². The van der Waals surface area contributed by atoms with Crippen LogP contribution in [0.15, 0.2) is 46.9 Å². The highest BCUT2D eigenvalue weighted by atomic mass is 79.9. The summed E-state index contributed by atoms with van der Waals surface area (Å²) < 4.78 is 5.87. The molecule has 0 saturated carbocycles. The first-order chi connectivity index (χ1) is 11.0. The molecule has 2 aromatic carbocycles. The van der Waals surface area contributed by atoms with Gasteiger partial charge in [-0.2, -0.15) is 0 Å². The Morgan fingerprint density at radius 3 is 2.57 bits per heavy atom. The lowest BCUT2D eigenvalue weighted by atomic mass is 10.2. The summed E-state index contributed by atoms with van der Waals surface area (Å²) >= 11 is 15.0. The van der Waals surface area contributed by atoms with Crippen LogP contribution in [0.4, 0.5) is 0 Å². The number of hydrogen-bond donors (Lipinski definition) is 2. The molecular formula is C15H11BrCl2N2O3. The molecule has 0 aliphatic heterocycles. The van der Waals surface area contributed by atoms with Gasteiger partial charge in [-0.05, 0) is 40.2 Å². The number of amides is 2. The Hall–Kier alpha value is -1.76. The molecule has 0 aromatic heterocycles. The molecule has 0 atom stereocenters. The van der Waals surface area contributed by atoms with Crippen molar-refractivity contribution in [3.63, 3.8) is 0 Å². The highest BCUT2D eigenvalue weighted by Gasteiger charge is 2.11. The molecule has 5 nitrogen and oxygen atoms in total. The van der Waals surface area contributed by atoms with E-state index < -0.39 is 11.8 Å². The maximum atomic E-state index is 11.9. The molecule has 0 saturated heterocycles. The molecule has 2 rings (SSSR count). The van der Waals surface area contributed by atoms with Crippen LogP contribution < -0.4 is 15.6 Å². The van der Waals surface area contributed by atoms with E-state index in [2.05, 4.69) is 26.8 Å². The average molecular weight is 418 g/mol. The normalized spacial score (nSPS) is 10.0. The summed E-state index contributed by atoms with van der Waals surface area (Å²) in [7, 11) is 0. The molecule has 0 unspecified atom stereocenters. The van der Waals surface area contributed by atoms with Gasteiger partial charge in [-0.3, -0.25) is 20.4 Å². The molecule has 0 aliphatic carbocycles. The first-order valence-electron chi connectivity index (χ1n) is 6.39. The smallest absolute Gasteiger partial charge is 0.276 e. The summed E-state index contributed by atoms with van der Waals surface area (Å²) in [6, 6.07) is 11.5. The van der Waals surface area contributed by atoms with Crippen molar-refractivity contribution in [1.29, 1.82) is 0 Å². The van der Waals surface area contributed by atoms with Crippen molar-refractivity contribution in [2.24, 2.45) is 0 Å². The predicted octanol–water partition coefficient (Wildman–Crippen LogP) is 3.60. The topological polar surface area (TPSA) is 67.4 Å². The molecule has 0 heterocycles. The van der Waals surface area contributed by atoms with Crippen LogP contribution in [0.3, 0.4) is 0 Å². The van der Waals surface area contributed by atoms with E-state index in [1.54, 1.807) is 36.4 Å². The maximum Gasteiger partial charge on any atom is 0.276 e.